The maximum atomic E-state index is 12.8. The number of aryl methyl sites for hydroxylation is 2. The quantitative estimate of drug-likeness (QED) is 0.417. The van der Waals surface area contributed by atoms with Crippen LogP contribution in [0, 0.1) is 13.8 Å². The van der Waals surface area contributed by atoms with E-state index < -0.39 is 6.23 Å². The van der Waals surface area contributed by atoms with Gasteiger partial charge in [0, 0.05) is 18.2 Å². The van der Waals surface area contributed by atoms with Crippen molar-refractivity contribution in [2.75, 3.05) is 10.7 Å². The first-order valence-corrected chi connectivity index (χ1v) is 11.0. The number of hydrogen-bond acceptors (Lipinski definition) is 7. The predicted molar refractivity (Wildman–Crippen MR) is 116 cm³/mol. The summed E-state index contributed by atoms with van der Waals surface area (Å²) < 4.78 is 11.9. The summed E-state index contributed by atoms with van der Waals surface area (Å²) >= 11 is 1.55. The highest BCUT2D eigenvalue weighted by Gasteiger charge is 2.37. The summed E-state index contributed by atoms with van der Waals surface area (Å²) in [4.78, 5) is 19.0. The molecule has 3 heterocycles. The highest BCUT2D eigenvalue weighted by atomic mass is 32.2. The second-order valence-electron chi connectivity index (χ2n) is 7.30. The smallest absolute Gasteiger partial charge is 0.247 e. The monoisotopic (exact) mass is 424 g/mol. The molecule has 3 aromatic rings. The van der Waals surface area contributed by atoms with Gasteiger partial charge in [-0.2, -0.15) is 4.98 Å². The first kappa shape index (κ1) is 20.4. The number of benzene rings is 1. The molecule has 0 radical (unpaired) electrons. The zero-order valence-electron chi connectivity index (χ0n) is 17.5. The zero-order valence-corrected chi connectivity index (χ0v) is 18.3. The lowest BCUT2D eigenvalue weighted by atomic mass is 10.0. The van der Waals surface area contributed by atoms with Crippen LogP contribution in [0.25, 0.3) is 11.3 Å². The Kier molecular flexibility index (Phi) is 5.76. The van der Waals surface area contributed by atoms with Crippen LogP contribution in [0.3, 0.4) is 0 Å². The lowest BCUT2D eigenvalue weighted by Gasteiger charge is -2.29. The molecule has 0 unspecified atom stereocenters. The molecular formula is C22H24N4O3S. The van der Waals surface area contributed by atoms with E-state index in [2.05, 4.69) is 22.1 Å². The number of nitrogens with zero attached hydrogens (tertiary/aromatic N) is 4. The minimum absolute atomic E-state index is 0.164. The Morgan fingerprint density at radius 2 is 2.10 bits per heavy atom. The molecule has 1 aromatic carbocycles. The van der Waals surface area contributed by atoms with Gasteiger partial charge >= 0.3 is 0 Å². The molecule has 0 N–H and O–H groups in total. The number of rotatable bonds is 5. The largest absolute Gasteiger partial charge is 0.463 e. The number of anilines is 1. The first-order chi connectivity index (χ1) is 14.5. The van der Waals surface area contributed by atoms with Gasteiger partial charge < -0.3 is 9.15 Å². The summed E-state index contributed by atoms with van der Waals surface area (Å²) in [6.07, 6.45) is 2.95. The van der Waals surface area contributed by atoms with E-state index in [1.165, 1.54) is 6.92 Å². The molecule has 1 aliphatic heterocycles. The normalized spacial score (nSPS) is 15.2. The molecule has 7 nitrogen and oxygen atoms in total. The standard InChI is InChI=1S/C22H24N4O3S/c1-5-6-10-30-22-23-20-18(24-25-22)16-12-13(2)11-14(3)19(16)26(15(4)27)21(29-20)17-8-7-9-28-17/h7-9,11-12,21H,5-6,10H2,1-4H3/t21-/m1/s1. The second-order valence-corrected chi connectivity index (χ2v) is 8.36. The molecule has 1 aliphatic rings. The molecule has 8 heteroatoms. The number of amides is 1. The molecule has 0 saturated heterocycles. The summed E-state index contributed by atoms with van der Waals surface area (Å²) in [5.41, 5.74) is 4.03. The molecule has 0 aliphatic carbocycles. The maximum absolute atomic E-state index is 12.8. The predicted octanol–water partition coefficient (Wildman–Crippen LogP) is 5.08. The fourth-order valence-corrected chi connectivity index (χ4v) is 4.46. The fourth-order valence-electron chi connectivity index (χ4n) is 3.59. The van der Waals surface area contributed by atoms with Crippen molar-refractivity contribution in [1.29, 1.82) is 0 Å². The van der Waals surface area contributed by atoms with Crippen molar-refractivity contribution in [3.8, 4) is 17.1 Å². The van der Waals surface area contributed by atoms with E-state index >= 15 is 0 Å². The molecule has 0 bridgehead atoms. The number of ether oxygens (including phenoxy) is 1. The Labute approximate surface area is 179 Å². The van der Waals surface area contributed by atoms with E-state index in [9.17, 15) is 4.79 Å². The average Bonchev–Trinajstić information content (AvgIpc) is 3.19. The molecule has 1 amide bonds. The van der Waals surface area contributed by atoms with Crippen LogP contribution < -0.4 is 9.64 Å². The van der Waals surface area contributed by atoms with Gasteiger partial charge in [-0.3, -0.25) is 9.69 Å². The van der Waals surface area contributed by atoms with Crippen LogP contribution in [-0.4, -0.2) is 26.8 Å². The summed E-state index contributed by atoms with van der Waals surface area (Å²) in [6, 6.07) is 7.59. The Hall–Kier alpha value is -2.87. The topological polar surface area (TPSA) is 81.3 Å². The number of fused-ring (bicyclic) bond motifs is 3. The third-order valence-corrected chi connectivity index (χ3v) is 5.81. The molecule has 4 rings (SSSR count). The van der Waals surface area contributed by atoms with Gasteiger partial charge in [0.1, 0.15) is 0 Å². The minimum Gasteiger partial charge on any atom is -0.463 e. The lowest BCUT2D eigenvalue weighted by molar-refractivity contribution is -0.118. The van der Waals surface area contributed by atoms with Gasteiger partial charge in [0.25, 0.3) is 0 Å². The number of hydrogen-bond donors (Lipinski definition) is 0. The molecule has 2 aromatic heterocycles. The summed E-state index contributed by atoms with van der Waals surface area (Å²) in [5.74, 6) is 1.61. The second kappa shape index (κ2) is 8.47. The average molecular weight is 425 g/mol. The SMILES string of the molecule is CCCCSc1nnc2c(n1)O[C@H](c1ccco1)N(C(C)=O)c1c(C)cc(C)cc1-2. The summed E-state index contributed by atoms with van der Waals surface area (Å²) in [5, 5.41) is 9.34. The fraction of sp³-hybridized carbons (Fsp3) is 0.364. The number of carbonyl (C=O) groups is 1. The Morgan fingerprint density at radius 3 is 2.80 bits per heavy atom. The van der Waals surface area contributed by atoms with E-state index in [1.807, 2.05) is 26.0 Å². The molecule has 0 saturated carbocycles. The van der Waals surface area contributed by atoms with Crippen molar-refractivity contribution in [3.05, 3.63) is 47.4 Å². The van der Waals surface area contributed by atoms with Gasteiger partial charge in [-0.15, -0.1) is 10.2 Å². The van der Waals surface area contributed by atoms with Crippen molar-refractivity contribution in [3.63, 3.8) is 0 Å². The molecule has 30 heavy (non-hydrogen) atoms. The van der Waals surface area contributed by atoms with Crippen LogP contribution in [0.1, 0.15) is 49.8 Å². The van der Waals surface area contributed by atoms with E-state index in [1.54, 1.807) is 35.1 Å². The van der Waals surface area contributed by atoms with Gasteiger partial charge in [0.2, 0.25) is 23.2 Å². The first-order valence-electron chi connectivity index (χ1n) is 9.98. The Balaban J connectivity index is 1.91. The highest BCUT2D eigenvalue weighted by molar-refractivity contribution is 7.99. The zero-order chi connectivity index (χ0) is 21.3. The van der Waals surface area contributed by atoms with Crippen LogP contribution in [-0.2, 0) is 4.79 Å². The van der Waals surface area contributed by atoms with E-state index in [0.29, 0.717) is 22.5 Å². The van der Waals surface area contributed by atoms with Gasteiger partial charge in [0.15, 0.2) is 11.5 Å². The number of furan rings is 1. The molecular weight excluding hydrogens is 400 g/mol. The minimum atomic E-state index is -0.788. The third-order valence-electron chi connectivity index (χ3n) is 4.89. The van der Waals surface area contributed by atoms with Crippen molar-refractivity contribution >= 4 is 23.4 Å². The van der Waals surface area contributed by atoms with Crippen molar-refractivity contribution in [2.24, 2.45) is 0 Å². The molecule has 0 fully saturated rings. The van der Waals surface area contributed by atoms with Gasteiger partial charge in [-0.05, 0) is 44.0 Å². The van der Waals surface area contributed by atoms with Crippen LogP contribution in [0.2, 0.25) is 0 Å². The third kappa shape index (κ3) is 3.79. The summed E-state index contributed by atoms with van der Waals surface area (Å²) in [7, 11) is 0. The van der Waals surface area contributed by atoms with Crippen LogP contribution in [0.5, 0.6) is 5.88 Å². The maximum Gasteiger partial charge on any atom is 0.247 e. The Bertz CT molecular complexity index is 1070. The van der Waals surface area contributed by atoms with E-state index in [0.717, 1.165) is 41.0 Å². The van der Waals surface area contributed by atoms with E-state index in [4.69, 9.17) is 9.15 Å². The Morgan fingerprint density at radius 1 is 1.27 bits per heavy atom. The van der Waals surface area contributed by atoms with Crippen molar-refractivity contribution < 1.29 is 13.9 Å². The number of aromatic nitrogens is 3. The van der Waals surface area contributed by atoms with Crippen LogP contribution in [0.4, 0.5) is 5.69 Å². The molecule has 1 atom stereocenters. The number of unbranched alkanes of at least 4 members (excludes halogenated alkanes) is 1. The van der Waals surface area contributed by atoms with Gasteiger partial charge in [-0.25, -0.2) is 0 Å². The number of carbonyl (C=O) groups excluding carboxylic acids is 1. The van der Waals surface area contributed by atoms with Crippen LogP contribution in [0.15, 0.2) is 40.1 Å². The molecule has 156 valence electrons. The van der Waals surface area contributed by atoms with Gasteiger partial charge in [0.05, 0.1) is 12.0 Å². The molecule has 0 spiro atoms. The van der Waals surface area contributed by atoms with E-state index in [-0.39, 0.29) is 5.91 Å². The van der Waals surface area contributed by atoms with Gasteiger partial charge in [-0.1, -0.05) is 36.7 Å². The van der Waals surface area contributed by atoms with Crippen LogP contribution >= 0.6 is 11.8 Å². The summed E-state index contributed by atoms with van der Waals surface area (Å²) in [6.45, 7) is 7.65. The van der Waals surface area contributed by atoms with Crippen molar-refractivity contribution in [1.82, 2.24) is 15.2 Å². The number of thioether (sulfide) groups is 1. The van der Waals surface area contributed by atoms with Crippen molar-refractivity contribution in [2.45, 2.75) is 51.9 Å². The lowest BCUT2D eigenvalue weighted by Crippen LogP contribution is -2.36. The highest BCUT2D eigenvalue weighted by Crippen LogP contribution is 2.45.